The molecule has 0 aromatic heterocycles. The molecule has 10 heavy (non-hydrogen) atoms. The van der Waals surface area contributed by atoms with E-state index in [4.69, 9.17) is 0 Å². The van der Waals surface area contributed by atoms with Crippen LogP contribution in [0.1, 0.15) is 0 Å². The standard InChI is InChI=1S/C2H2F4S2.CH3.Al/c3-1(4,7)2(5,6)8;;/h7-8H;1H3;/q;;+2/p-2. The number of rotatable bonds is 0. The molecule has 1 aliphatic rings. The summed E-state index contributed by atoms with van der Waals surface area (Å²) in [6.45, 7) is 0. The average Bonchev–Trinajstić information content (AvgIpc) is 1.73. The molecule has 1 aliphatic heterocycles. The normalized spacial score (nSPS) is 29.1. The zero-order valence-corrected chi connectivity index (χ0v) is 7.69. The highest BCUT2D eigenvalue weighted by molar-refractivity contribution is 8.57. The van der Waals surface area contributed by atoms with Gasteiger partial charge in [0.2, 0.25) is 0 Å². The lowest BCUT2D eigenvalue weighted by molar-refractivity contribution is -0.0803. The van der Waals surface area contributed by atoms with Crippen molar-refractivity contribution >= 4 is 32.1 Å². The molecule has 0 radical (unpaired) electrons. The van der Waals surface area contributed by atoms with Gasteiger partial charge in [-0.3, -0.25) is 0 Å². The molecule has 0 unspecified atom stereocenters. The lowest BCUT2D eigenvalue weighted by Crippen LogP contribution is -2.28. The minimum absolute atomic E-state index is 0.148. The predicted molar refractivity (Wildman–Crippen MR) is 36.7 cm³/mol. The molecule has 0 N–H and O–H groups in total. The van der Waals surface area contributed by atoms with Gasteiger partial charge < -0.3 is 0 Å². The van der Waals surface area contributed by atoms with Gasteiger partial charge in [-0.25, -0.2) is 0 Å². The summed E-state index contributed by atoms with van der Waals surface area (Å²) < 4.78 is 48.8. The van der Waals surface area contributed by atoms with Crippen LogP contribution in [0, 0.1) is 0 Å². The minimum atomic E-state index is -3.83. The summed E-state index contributed by atoms with van der Waals surface area (Å²) >= 11 is -1.97. The van der Waals surface area contributed by atoms with Gasteiger partial charge in [-0.2, -0.15) is 37.8 Å². The Morgan fingerprint density at radius 2 is 1.30 bits per heavy atom. The largest absolute Gasteiger partial charge is 0.444 e. The predicted octanol–water partition coefficient (Wildman–Crippen LogP) is 2.77. The molecule has 7 heteroatoms. The van der Waals surface area contributed by atoms with E-state index in [2.05, 4.69) is 0 Å². The Bertz CT molecular complexity index is 133. The van der Waals surface area contributed by atoms with Crippen molar-refractivity contribution in [3.05, 3.63) is 0 Å². The molecule has 0 saturated carbocycles. The lowest BCUT2D eigenvalue weighted by Gasteiger charge is -2.16. The summed E-state index contributed by atoms with van der Waals surface area (Å²) in [5.74, 6) is 1.48. The SMILES string of the molecule is [CH3][Al]1[S]C(F)(F)C(F)(F)[S]1. The van der Waals surface area contributed by atoms with Gasteiger partial charge >= 0.3 is 22.4 Å². The van der Waals surface area contributed by atoms with E-state index in [9.17, 15) is 17.6 Å². The second-order valence-electron chi connectivity index (χ2n) is 1.84. The number of hydrogen-bond acceptors (Lipinski definition) is 2. The maximum absolute atomic E-state index is 12.2. The second-order valence-corrected chi connectivity index (χ2v) is 11.0. The summed E-state index contributed by atoms with van der Waals surface area (Å²) in [6, 6.07) is 0. The van der Waals surface area contributed by atoms with Crippen LogP contribution in [0.3, 0.4) is 0 Å². The van der Waals surface area contributed by atoms with Crippen LogP contribution >= 0.6 is 20.3 Å². The van der Waals surface area contributed by atoms with Crippen molar-refractivity contribution < 1.29 is 17.6 Å². The van der Waals surface area contributed by atoms with Crippen molar-refractivity contribution in [2.75, 3.05) is 0 Å². The molecule has 0 aliphatic carbocycles. The third-order valence-electron chi connectivity index (χ3n) is 0.967. The van der Waals surface area contributed by atoms with Crippen LogP contribution in [-0.2, 0) is 0 Å². The monoisotopic (exact) mass is 206 g/mol. The van der Waals surface area contributed by atoms with E-state index in [0.717, 1.165) is 0 Å². The summed E-state index contributed by atoms with van der Waals surface area (Å²) in [7, 11) is 0.296. The Balaban J connectivity index is 2.78. The van der Waals surface area contributed by atoms with Crippen molar-refractivity contribution in [3.8, 4) is 0 Å². The van der Waals surface area contributed by atoms with E-state index in [1.165, 1.54) is 5.79 Å². The Hall–Kier alpha value is 0.952. The van der Waals surface area contributed by atoms with E-state index in [0.29, 0.717) is 0 Å². The zero-order valence-electron chi connectivity index (χ0n) is 4.91. The van der Waals surface area contributed by atoms with E-state index >= 15 is 0 Å². The molecule has 0 atom stereocenters. The average molecular weight is 206 g/mol. The summed E-state index contributed by atoms with van der Waals surface area (Å²) in [5.41, 5.74) is 0. The Kier molecular flexibility index (Phi) is 2.24. The van der Waals surface area contributed by atoms with Crippen molar-refractivity contribution in [3.63, 3.8) is 0 Å². The van der Waals surface area contributed by atoms with Crippen LogP contribution in [0.2, 0.25) is 5.79 Å². The molecular formula is C3H3AlF4S2. The molecule has 1 rings (SSSR count). The topological polar surface area (TPSA) is 0 Å². The maximum atomic E-state index is 12.2. The molecule has 0 bridgehead atoms. The second kappa shape index (κ2) is 2.47. The van der Waals surface area contributed by atoms with Crippen molar-refractivity contribution in [1.29, 1.82) is 0 Å². The fourth-order valence-corrected chi connectivity index (χ4v) is 8.68. The van der Waals surface area contributed by atoms with Crippen molar-refractivity contribution in [2.45, 2.75) is 16.3 Å². The molecule has 0 amide bonds. The minimum Gasteiger partial charge on any atom is -0.188 e. The van der Waals surface area contributed by atoms with Crippen molar-refractivity contribution in [2.24, 2.45) is 0 Å². The Labute approximate surface area is 66.2 Å². The molecule has 1 fully saturated rings. The van der Waals surface area contributed by atoms with E-state index in [-0.39, 0.29) is 20.3 Å². The fourth-order valence-electron chi connectivity index (χ4n) is 0.578. The van der Waals surface area contributed by atoms with Crippen LogP contribution in [0.5, 0.6) is 0 Å². The third-order valence-corrected chi connectivity index (χ3v) is 8.36. The van der Waals surface area contributed by atoms with Gasteiger partial charge in [-0.15, -0.1) is 0 Å². The molecule has 58 valence electrons. The van der Waals surface area contributed by atoms with Gasteiger partial charge in [0, 0.05) is 0 Å². The number of alkyl halides is 4. The van der Waals surface area contributed by atoms with Gasteiger partial charge in [0.1, 0.15) is 0 Å². The van der Waals surface area contributed by atoms with Crippen LogP contribution < -0.4 is 0 Å². The summed E-state index contributed by atoms with van der Waals surface area (Å²) in [6.07, 6.45) is 0. The third kappa shape index (κ3) is 1.42. The van der Waals surface area contributed by atoms with E-state index in [1.807, 2.05) is 0 Å². The van der Waals surface area contributed by atoms with Gasteiger partial charge in [0.25, 0.3) is 0 Å². The van der Waals surface area contributed by atoms with Gasteiger partial charge in [-0.1, -0.05) is 5.79 Å². The van der Waals surface area contributed by atoms with Gasteiger partial charge in [0.15, 0.2) is 0 Å². The molecule has 0 spiro atoms. The molecule has 1 heterocycles. The molecule has 0 aromatic rings. The summed E-state index contributed by atoms with van der Waals surface area (Å²) in [5, 5.41) is -7.66. The molecular weight excluding hydrogens is 203 g/mol. The van der Waals surface area contributed by atoms with Crippen LogP contribution in [0.25, 0.3) is 0 Å². The van der Waals surface area contributed by atoms with Gasteiger partial charge in [-0.05, 0) is 0 Å². The fraction of sp³-hybridized carbons (Fsp3) is 1.00. The van der Waals surface area contributed by atoms with E-state index in [1.54, 1.807) is 0 Å². The Morgan fingerprint density at radius 1 is 1.00 bits per heavy atom. The highest BCUT2D eigenvalue weighted by Gasteiger charge is 2.64. The number of halogens is 4. The van der Waals surface area contributed by atoms with Crippen LogP contribution in [0.4, 0.5) is 17.6 Å². The number of hydrogen-bond donors (Lipinski definition) is 0. The summed E-state index contributed by atoms with van der Waals surface area (Å²) in [4.78, 5) is 0. The molecule has 0 nitrogen and oxygen atoms in total. The van der Waals surface area contributed by atoms with E-state index < -0.39 is 22.4 Å². The highest BCUT2D eigenvalue weighted by atomic mass is 32.5. The maximum Gasteiger partial charge on any atom is 0.444 e. The lowest BCUT2D eigenvalue weighted by atomic mass is 10.7. The first-order valence-corrected chi connectivity index (χ1v) is 8.21. The smallest absolute Gasteiger partial charge is 0.188 e. The first kappa shape index (κ1) is 9.04. The van der Waals surface area contributed by atoms with Crippen molar-refractivity contribution in [1.82, 2.24) is 0 Å². The Morgan fingerprint density at radius 3 is 1.40 bits per heavy atom. The molecule has 0 aromatic carbocycles. The highest BCUT2D eigenvalue weighted by Crippen LogP contribution is 2.59. The zero-order chi connectivity index (χ0) is 7.99. The molecule has 1 saturated heterocycles. The van der Waals surface area contributed by atoms with Gasteiger partial charge in [0.05, 0.1) is 0 Å². The van der Waals surface area contributed by atoms with Crippen LogP contribution in [-0.4, -0.2) is 22.4 Å². The quantitative estimate of drug-likeness (QED) is 0.441. The van der Waals surface area contributed by atoms with Crippen LogP contribution in [0.15, 0.2) is 0 Å². The first-order chi connectivity index (χ1) is 4.35. The first-order valence-electron chi connectivity index (χ1n) is 2.46.